The van der Waals surface area contributed by atoms with Gasteiger partial charge in [0.05, 0.1) is 5.69 Å². The molecule has 0 N–H and O–H groups in total. The van der Waals surface area contributed by atoms with Crippen LogP contribution in [0.2, 0.25) is 0 Å². The van der Waals surface area contributed by atoms with Crippen LogP contribution in [0, 0.1) is 0 Å². The van der Waals surface area contributed by atoms with Crippen LogP contribution in [0.25, 0.3) is 85.9 Å². The summed E-state index contributed by atoms with van der Waals surface area (Å²) in [6.07, 6.45) is 0. The first-order valence-corrected chi connectivity index (χ1v) is 20.0. The van der Waals surface area contributed by atoms with Crippen LogP contribution >= 0.6 is 11.3 Å². The van der Waals surface area contributed by atoms with Gasteiger partial charge in [0.1, 0.15) is 0 Å². The summed E-state index contributed by atoms with van der Waals surface area (Å²) >= 11 is 1.88. The van der Waals surface area contributed by atoms with Gasteiger partial charge in [-0.2, -0.15) is 0 Å². The van der Waals surface area contributed by atoms with Crippen molar-refractivity contribution in [3.05, 3.63) is 212 Å². The van der Waals surface area contributed by atoms with Gasteiger partial charge in [-0.25, -0.2) is 0 Å². The zero-order valence-electron chi connectivity index (χ0n) is 30.6. The molecule has 0 radical (unpaired) electrons. The third-order valence-corrected chi connectivity index (χ3v) is 12.5. The molecule has 10 aromatic carbocycles. The molecule has 1 heterocycles. The lowest BCUT2D eigenvalue weighted by molar-refractivity contribution is 1.30. The highest BCUT2D eigenvalue weighted by atomic mass is 32.1. The fourth-order valence-corrected chi connectivity index (χ4v) is 9.77. The zero-order valence-corrected chi connectivity index (χ0v) is 31.4. The largest absolute Gasteiger partial charge is 0.310 e. The van der Waals surface area contributed by atoms with E-state index in [1.807, 2.05) is 11.3 Å². The van der Waals surface area contributed by atoms with Crippen LogP contribution in [0.1, 0.15) is 0 Å². The van der Waals surface area contributed by atoms with Crippen molar-refractivity contribution in [3.63, 3.8) is 0 Å². The van der Waals surface area contributed by atoms with Crippen molar-refractivity contribution in [2.45, 2.75) is 0 Å². The molecule has 0 amide bonds. The molecule has 1 aromatic heterocycles. The van der Waals surface area contributed by atoms with Crippen molar-refractivity contribution in [1.29, 1.82) is 0 Å². The average Bonchev–Trinajstić information content (AvgIpc) is 3.66. The molecule has 262 valence electrons. The number of benzene rings is 10. The summed E-state index contributed by atoms with van der Waals surface area (Å²) in [4.78, 5) is 2.41. The van der Waals surface area contributed by atoms with E-state index >= 15 is 0 Å². The highest BCUT2D eigenvalue weighted by Gasteiger charge is 2.19. The molecule has 0 spiro atoms. The number of rotatable bonds is 6. The Kier molecular flexibility index (Phi) is 7.75. The Morgan fingerprint density at radius 3 is 1.70 bits per heavy atom. The summed E-state index contributed by atoms with van der Waals surface area (Å²) in [5.41, 5.74) is 10.7. The summed E-state index contributed by atoms with van der Waals surface area (Å²) in [6, 6.07) is 77.7. The molecule has 0 bridgehead atoms. The quantitative estimate of drug-likeness (QED) is 0.154. The van der Waals surface area contributed by atoms with Gasteiger partial charge in [0.25, 0.3) is 0 Å². The minimum absolute atomic E-state index is 1.11. The number of nitrogens with zero attached hydrogens (tertiary/aromatic N) is 1. The van der Waals surface area contributed by atoms with E-state index < -0.39 is 0 Å². The van der Waals surface area contributed by atoms with Gasteiger partial charge in [-0.05, 0) is 103 Å². The van der Waals surface area contributed by atoms with Gasteiger partial charge in [-0.15, -0.1) is 11.3 Å². The molecule has 0 aliphatic carbocycles. The molecule has 11 rings (SSSR count). The van der Waals surface area contributed by atoms with Gasteiger partial charge in [0.2, 0.25) is 0 Å². The molecular formula is C54H35NS. The van der Waals surface area contributed by atoms with E-state index in [-0.39, 0.29) is 0 Å². The molecule has 0 saturated heterocycles. The number of thiophene rings is 1. The van der Waals surface area contributed by atoms with E-state index in [9.17, 15) is 0 Å². The van der Waals surface area contributed by atoms with Gasteiger partial charge in [-0.1, -0.05) is 170 Å². The van der Waals surface area contributed by atoms with Crippen LogP contribution in [0.5, 0.6) is 0 Å². The van der Waals surface area contributed by atoms with E-state index in [0.717, 1.165) is 17.1 Å². The molecule has 56 heavy (non-hydrogen) atoms. The third-order valence-electron chi connectivity index (χ3n) is 11.3. The van der Waals surface area contributed by atoms with Gasteiger partial charge < -0.3 is 4.90 Å². The maximum Gasteiger partial charge on any atom is 0.0540 e. The van der Waals surface area contributed by atoms with Gasteiger partial charge in [0.15, 0.2) is 0 Å². The SMILES string of the molecule is c1ccc(-c2ccc(N(c3ccc(-c4cccc5c4sc4ccccc45)cc3)c3ccc(-c4ccc5c(ccc6ccccc65)c4)c4ccccc34)cc2)cc1. The Morgan fingerprint density at radius 2 is 0.893 bits per heavy atom. The van der Waals surface area contributed by atoms with Crippen molar-refractivity contribution >= 4 is 80.9 Å². The number of fused-ring (bicyclic) bond motifs is 7. The molecule has 11 aromatic rings. The molecule has 0 fully saturated rings. The molecule has 0 atom stereocenters. The summed E-state index contributed by atoms with van der Waals surface area (Å²) in [5, 5.41) is 10.2. The topological polar surface area (TPSA) is 3.24 Å². The Bertz CT molecular complexity index is 3230. The van der Waals surface area contributed by atoms with Crippen LogP contribution in [0.4, 0.5) is 17.1 Å². The van der Waals surface area contributed by atoms with E-state index in [2.05, 4.69) is 217 Å². The summed E-state index contributed by atoms with van der Waals surface area (Å²) in [5.74, 6) is 0. The number of anilines is 3. The fraction of sp³-hybridized carbons (Fsp3) is 0. The van der Waals surface area contributed by atoms with Crippen molar-refractivity contribution in [2.75, 3.05) is 4.90 Å². The van der Waals surface area contributed by atoms with Crippen molar-refractivity contribution in [3.8, 4) is 33.4 Å². The second-order valence-electron chi connectivity index (χ2n) is 14.5. The van der Waals surface area contributed by atoms with E-state index in [4.69, 9.17) is 0 Å². The molecule has 2 heteroatoms. The Hall–Kier alpha value is -7.00. The second-order valence-corrected chi connectivity index (χ2v) is 15.5. The monoisotopic (exact) mass is 729 g/mol. The number of hydrogen-bond donors (Lipinski definition) is 0. The Labute approximate surface area is 330 Å². The van der Waals surface area contributed by atoms with Crippen molar-refractivity contribution in [2.24, 2.45) is 0 Å². The summed E-state index contributed by atoms with van der Waals surface area (Å²) in [6.45, 7) is 0. The molecule has 0 saturated carbocycles. The average molecular weight is 730 g/mol. The second kappa shape index (κ2) is 13.4. The van der Waals surface area contributed by atoms with E-state index in [0.29, 0.717) is 0 Å². The van der Waals surface area contributed by atoms with Gasteiger partial charge in [-0.3, -0.25) is 0 Å². The smallest absolute Gasteiger partial charge is 0.0540 e. The van der Waals surface area contributed by atoms with E-state index in [1.165, 1.54) is 85.9 Å². The predicted octanol–water partition coefficient (Wildman–Crippen LogP) is 16.0. The van der Waals surface area contributed by atoms with Crippen LogP contribution in [-0.4, -0.2) is 0 Å². The van der Waals surface area contributed by atoms with Crippen molar-refractivity contribution in [1.82, 2.24) is 0 Å². The molecule has 0 unspecified atom stereocenters. The lowest BCUT2D eigenvalue weighted by atomic mass is 9.93. The van der Waals surface area contributed by atoms with Gasteiger partial charge in [0, 0.05) is 36.9 Å². The molecule has 0 aliphatic rings. The lowest BCUT2D eigenvalue weighted by Gasteiger charge is -2.28. The van der Waals surface area contributed by atoms with Crippen LogP contribution < -0.4 is 4.90 Å². The Balaban J connectivity index is 1.05. The molecular weight excluding hydrogens is 695 g/mol. The first kappa shape index (κ1) is 32.4. The molecule has 1 nitrogen and oxygen atoms in total. The normalized spacial score (nSPS) is 11.6. The maximum atomic E-state index is 2.41. The zero-order chi connectivity index (χ0) is 37.0. The van der Waals surface area contributed by atoms with Crippen LogP contribution in [0.3, 0.4) is 0 Å². The lowest BCUT2D eigenvalue weighted by Crippen LogP contribution is -2.10. The molecule has 0 aliphatic heterocycles. The first-order valence-electron chi connectivity index (χ1n) is 19.2. The third kappa shape index (κ3) is 5.46. The fourth-order valence-electron chi connectivity index (χ4n) is 8.54. The predicted molar refractivity (Wildman–Crippen MR) is 243 cm³/mol. The highest BCUT2D eigenvalue weighted by molar-refractivity contribution is 7.26. The first-order chi connectivity index (χ1) is 27.8. The number of hydrogen-bond acceptors (Lipinski definition) is 2. The van der Waals surface area contributed by atoms with E-state index in [1.54, 1.807) is 0 Å². The standard InChI is InChI=1S/C54H35NS/c1-2-11-36(12-3-1)37-23-28-42(29-24-37)55(43-30-25-39(26-31-43)47-18-10-19-51-50-17-8-9-20-53(50)56-54(47)51)52-34-33-46(48-15-6-7-16-49(48)52)41-27-32-45-40(35-41)22-21-38-13-4-5-14-44(38)45/h1-35H. The minimum Gasteiger partial charge on any atom is -0.310 e. The minimum atomic E-state index is 1.11. The maximum absolute atomic E-state index is 2.41. The summed E-state index contributed by atoms with van der Waals surface area (Å²) < 4.78 is 2.66. The van der Waals surface area contributed by atoms with Crippen molar-refractivity contribution < 1.29 is 0 Å². The van der Waals surface area contributed by atoms with Crippen LogP contribution in [0.15, 0.2) is 212 Å². The summed E-state index contributed by atoms with van der Waals surface area (Å²) in [7, 11) is 0. The van der Waals surface area contributed by atoms with Crippen LogP contribution in [-0.2, 0) is 0 Å². The highest BCUT2D eigenvalue weighted by Crippen LogP contribution is 2.45. The Morgan fingerprint density at radius 1 is 0.304 bits per heavy atom. The van der Waals surface area contributed by atoms with Gasteiger partial charge >= 0.3 is 0 Å².